The van der Waals surface area contributed by atoms with Crippen LogP contribution in [-0.2, 0) is 6.54 Å². The molecule has 2 aliphatic heterocycles. The highest BCUT2D eigenvalue weighted by Crippen LogP contribution is 2.26. The first-order valence-electron chi connectivity index (χ1n) is 9.78. The molecule has 2 aromatic rings. The SMILES string of the molecule is Cl.O=C1c2ccccc2CN1CC1CCN(CCNc2ccc(F)cc2)CC1. The van der Waals surface area contributed by atoms with Crippen molar-refractivity contribution in [2.24, 2.45) is 5.92 Å². The van der Waals surface area contributed by atoms with Crippen LogP contribution in [-0.4, -0.2) is 48.4 Å². The van der Waals surface area contributed by atoms with Crippen molar-refractivity contribution in [2.75, 3.05) is 38.0 Å². The molecular formula is C22H27ClFN3O. The third-order valence-corrected chi connectivity index (χ3v) is 5.68. The van der Waals surface area contributed by atoms with E-state index in [1.807, 2.05) is 23.1 Å². The van der Waals surface area contributed by atoms with Crippen molar-refractivity contribution < 1.29 is 9.18 Å². The van der Waals surface area contributed by atoms with Crippen LogP contribution in [0, 0.1) is 11.7 Å². The summed E-state index contributed by atoms with van der Waals surface area (Å²) in [5.74, 6) is 0.572. The fraction of sp³-hybridized carbons (Fsp3) is 0.409. The normalized spacial score (nSPS) is 17.3. The van der Waals surface area contributed by atoms with Crippen LogP contribution in [0.25, 0.3) is 0 Å². The number of amides is 1. The fourth-order valence-electron chi connectivity index (χ4n) is 4.09. The van der Waals surface area contributed by atoms with E-state index in [1.54, 1.807) is 12.1 Å². The van der Waals surface area contributed by atoms with Crippen molar-refractivity contribution in [3.8, 4) is 0 Å². The lowest BCUT2D eigenvalue weighted by Crippen LogP contribution is -2.40. The number of halogens is 2. The van der Waals surface area contributed by atoms with E-state index in [-0.39, 0.29) is 24.1 Å². The van der Waals surface area contributed by atoms with Crippen molar-refractivity contribution in [3.05, 3.63) is 65.5 Å². The predicted octanol–water partition coefficient (Wildman–Crippen LogP) is 4.03. The summed E-state index contributed by atoms with van der Waals surface area (Å²) in [7, 11) is 0. The summed E-state index contributed by atoms with van der Waals surface area (Å²) in [5, 5.41) is 3.34. The minimum atomic E-state index is -0.206. The number of likely N-dealkylation sites (tertiary alicyclic amines) is 1. The lowest BCUT2D eigenvalue weighted by Gasteiger charge is -2.33. The maximum atomic E-state index is 12.9. The zero-order valence-electron chi connectivity index (χ0n) is 15.9. The van der Waals surface area contributed by atoms with Crippen molar-refractivity contribution in [1.29, 1.82) is 0 Å². The second-order valence-corrected chi connectivity index (χ2v) is 7.56. The van der Waals surface area contributed by atoms with Crippen molar-refractivity contribution in [2.45, 2.75) is 19.4 Å². The summed E-state index contributed by atoms with van der Waals surface area (Å²) in [5.41, 5.74) is 2.99. The maximum absolute atomic E-state index is 12.9. The number of benzene rings is 2. The zero-order chi connectivity index (χ0) is 18.6. The van der Waals surface area contributed by atoms with Gasteiger partial charge in [-0.1, -0.05) is 18.2 Å². The van der Waals surface area contributed by atoms with Crippen molar-refractivity contribution in [1.82, 2.24) is 9.80 Å². The minimum Gasteiger partial charge on any atom is -0.384 e. The molecular weight excluding hydrogens is 377 g/mol. The van der Waals surface area contributed by atoms with E-state index in [4.69, 9.17) is 0 Å². The van der Waals surface area contributed by atoms with Crippen LogP contribution < -0.4 is 5.32 Å². The first-order valence-corrected chi connectivity index (χ1v) is 9.78. The Kier molecular flexibility index (Phi) is 6.92. The molecule has 4 nitrogen and oxygen atoms in total. The van der Waals surface area contributed by atoms with Gasteiger partial charge in [-0.3, -0.25) is 4.79 Å². The summed E-state index contributed by atoms with van der Waals surface area (Å²) in [6.07, 6.45) is 2.27. The molecule has 0 spiro atoms. The number of anilines is 1. The highest BCUT2D eigenvalue weighted by molar-refractivity contribution is 5.98. The molecule has 4 rings (SSSR count). The van der Waals surface area contributed by atoms with Crippen LogP contribution in [0.3, 0.4) is 0 Å². The lowest BCUT2D eigenvalue weighted by atomic mass is 9.96. The van der Waals surface area contributed by atoms with Crippen molar-refractivity contribution >= 4 is 24.0 Å². The second kappa shape index (κ2) is 9.39. The van der Waals surface area contributed by atoms with E-state index in [0.29, 0.717) is 5.92 Å². The van der Waals surface area contributed by atoms with Gasteiger partial charge in [-0.15, -0.1) is 12.4 Å². The topological polar surface area (TPSA) is 35.6 Å². The average molecular weight is 404 g/mol. The Hall–Kier alpha value is -2.11. The number of hydrogen-bond donors (Lipinski definition) is 1. The fourth-order valence-corrected chi connectivity index (χ4v) is 4.09. The predicted molar refractivity (Wildman–Crippen MR) is 112 cm³/mol. The van der Waals surface area contributed by atoms with Gasteiger partial charge in [0.15, 0.2) is 0 Å². The Balaban J connectivity index is 0.00000225. The van der Waals surface area contributed by atoms with Crippen LogP contribution >= 0.6 is 12.4 Å². The van der Waals surface area contributed by atoms with Gasteiger partial charge in [0.2, 0.25) is 0 Å². The van der Waals surface area contributed by atoms with E-state index in [0.717, 1.165) is 68.9 Å². The summed E-state index contributed by atoms with van der Waals surface area (Å²) >= 11 is 0. The highest BCUT2D eigenvalue weighted by atomic mass is 35.5. The summed E-state index contributed by atoms with van der Waals surface area (Å²) in [6, 6.07) is 14.4. The molecule has 1 saturated heterocycles. The van der Waals surface area contributed by atoms with Crippen LogP contribution in [0.15, 0.2) is 48.5 Å². The van der Waals surface area contributed by atoms with E-state index < -0.39 is 0 Å². The van der Waals surface area contributed by atoms with Gasteiger partial charge in [0.1, 0.15) is 5.82 Å². The molecule has 1 fully saturated rings. The third kappa shape index (κ3) is 4.83. The van der Waals surface area contributed by atoms with Crippen LogP contribution in [0.2, 0.25) is 0 Å². The molecule has 0 unspecified atom stereocenters. The molecule has 28 heavy (non-hydrogen) atoms. The third-order valence-electron chi connectivity index (χ3n) is 5.68. The number of carbonyl (C=O) groups excluding carboxylic acids is 1. The maximum Gasteiger partial charge on any atom is 0.254 e. The number of fused-ring (bicyclic) bond motifs is 1. The van der Waals surface area contributed by atoms with Gasteiger partial charge in [0.25, 0.3) is 5.91 Å². The molecule has 1 N–H and O–H groups in total. The number of carbonyl (C=O) groups is 1. The van der Waals surface area contributed by atoms with E-state index in [1.165, 1.54) is 12.1 Å². The standard InChI is InChI=1S/C22H26FN3O.ClH/c23-19-5-7-20(8-6-19)24-11-14-25-12-9-17(10-13-25)15-26-16-18-3-1-2-4-21(18)22(26)27;/h1-8,17,24H,9-16H2;1H. The zero-order valence-corrected chi connectivity index (χ0v) is 16.8. The Bertz CT molecular complexity index is 791. The van der Waals surface area contributed by atoms with Gasteiger partial charge in [-0.05, 0) is 67.7 Å². The first kappa shape index (κ1) is 20.6. The summed E-state index contributed by atoms with van der Waals surface area (Å²) < 4.78 is 12.9. The van der Waals surface area contributed by atoms with Gasteiger partial charge in [0, 0.05) is 37.4 Å². The molecule has 2 aliphatic rings. The van der Waals surface area contributed by atoms with Gasteiger partial charge < -0.3 is 15.1 Å². The Morgan fingerprint density at radius 1 is 1.04 bits per heavy atom. The molecule has 1 amide bonds. The van der Waals surface area contributed by atoms with Gasteiger partial charge in [0.05, 0.1) is 0 Å². The number of piperidine rings is 1. The molecule has 0 saturated carbocycles. The molecule has 0 radical (unpaired) electrons. The number of nitrogens with one attached hydrogen (secondary N) is 1. The summed E-state index contributed by atoms with van der Waals surface area (Å²) in [6.45, 7) is 5.62. The first-order chi connectivity index (χ1) is 13.2. The monoisotopic (exact) mass is 403 g/mol. The molecule has 0 aromatic heterocycles. The van der Waals surface area contributed by atoms with Crippen LogP contribution in [0.4, 0.5) is 10.1 Å². The summed E-state index contributed by atoms with van der Waals surface area (Å²) in [4.78, 5) is 17.0. The molecule has 2 heterocycles. The largest absolute Gasteiger partial charge is 0.384 e. The Morgan fingerprint density at radius 3 is 2.46 bits per heavy atom. The van der Waals surface area contributed by atoms with E-state index >= 15 is 0 Å². The Morgan fingerprint density at radius 2 is 1.75 bits per heavy atom. The van der Waals surface area contributed by atoms with Gasteiger partial charge in [-0.25, -0.2) is 4.39 Å². The number of rotatable bonds is 6. The molecule has 0 bridgehead atoms. The Labute approximate surface area is 172 Å². The van der Waals surface area contributed by atoms with Gasteiger partial charge in [-0.2, -0.15) is 0 Å². The minimum absolute atomic E-state index is 0. The lowest BCUT2D eigenvalue weighted by molar-refractivity contribution is 0.0715. The average Bonchev–Trinajstić information content (AvgIpc) is 3.01. The highest BCUT2D eigenvalue weighted by Gasteiger charge is 2.29. The van der Waals surface area contributed by atoms with Gasteiger partial charge >= 0.3 is 0 Å². The molecule has 0 atom stereocenters. The smallest absolute Gasteiger partial charge is 0.254 e. The molecule has 6 heteroatoms. The van der Waals surface area contributed by atoms with Crippen LogP contribution in [0.5, 0.6) is 0 Å². The second-order valence-electron chi connectivity index (χ2n) is 7.56. The van der Waals surface area contributed by atoms with Crippen LogP contribution in [0.1, 0.15) is 28.8 Å². The number of hydrogen-bond acceptors (Lipinski definition) is 3. The molecule has 0 aliphatic carbocycles. The van der Waals surface area contributed by atoms with Crippen molar-refractivity contribution in [3.63, 3.8) is 0 Å². The quantitative estimate of drug-likeness (QED) is 0.791. The molecule has 2 aromatic carbocycles. The van der Waals surface area contributed by atoms with E-state index in [2.05, 4.69) is 16.3 Å². The molecule has 150 valence electrons. The number of nitrogens with zero attached hydrogens (tertiary/aromatic N) is 2. The van der Waals surface area contributed by atoms with E-state index in [9.17, 15) is 9.18 Å².